The Kier molecular flexibility index (Phi) is 8.43. The van der Waals surface area contributed by atoms with E-state index in [0.29, 0.717) is 13.2 Å². The normalized spacial score (nSPS) is 12.4. The smallest absolute Gasteiger partial charge is 0.115 e. The van der Waals surface area contributed by atoms with Gasteiger partial charge in [0.15, 0.2) is 0 Å². The third kappa shape index (κ3) is 7.92. The number of rotatable bonds is 9. The Morgan fingerprint density at radius 2 is 2.29 bits per heavy atom. The highest BCUT2D eigenvalue weighted by Gasteiger charge is 2.07. The fraction of sp³-hybridized carbons (Fsp3) is 0.818. The van der Waals surface area contributed by atoms with Crippen LogP contribution in [-0.4, -0.2) is 19.3 Å². The average molecular weight is 199 g/mol. The molecule has 0 aromatic heterocycles. The highest BCUT2D eigenvalue weighted by molar-refractivity contribution is 4.87. The Morgan fingerprint density at radius 1 is 1.57 bits per heavy atom. The van der Waals surface area contributed by atoms with Crippen molar-refractivity contribution in [2.75, 3.05) is 13.2 Å². The molecule has 3 nitrogen and oxygen atoms in total. The molecule has 0 aliphatic carbocycles. The van der Waals surface area contributed by atoms with Crippen LogP contribution in [0, 0.1) is 4.91 Å². The Morgan fingerprint density at radius 3 is 2.79 bits per heavy atom. The lowest BCUT2D eigenvalue weighted by Crippen LogP contribution is -2.13. The van der Waals surface area contributed by atoms with Crippen molar-refractivity contribution < 1.29 is 4.74 Å². The predicted octanol–water partition coefficient (Wildman–Crippen LogP) is 3.29. The molecule has 0 aromatic carbocycles. The first-order valence-corrected chi connectivity index (χ1v) is 5.25. The first-order chi connectivity index (χ1) is 6.70. The second-order valence-corrected chi connectivity index (χ2v) is 3.68. The van der Waals surface area contributed by atoms with E-state index in [9.17, 15) is 4.91 Å². The van der Waals surface area contributed by atoms with Gasteiger partial charge in [-0.15, -0.1) is 6.58 Å². The number of nitrogens with zero attached hydrogens (tertiary/aromatic N) is 1. The molecule has 0 fully saturated rings. The van der Waals surface area contributed by atoms with E-state index >= 15 is 0 Å². The van der Waals surface area contributed by atoms with E-state index in [1.54, 1.807) is 0 Å². The minimum absolute atomic E-state index is 0.167. The van der Waals surface area contributed by atoms with Crippen molar-refractivity contribution in [2.24, 2.45) is 5.18 Å². The summed E-state index contributed by atoms with van der Waals surface area (Å²) < 4.78 is 5.34. The van der Waals surface area contributed by atoms with Crippen LogP contribution in [0.5, 0.6) is 0 Å². The zero-order chi connectivity index (χ0) is 10.8. The van der Waals surface area contributed by atoms with Gasteiger partial charge in [0.05, 0.1) is 13.2 Å². The minimum Gasteiger partial charge on any atom is -0.379 e. The first-order valence-electron chi connectivity index (χ1n) is 5.25. The molecule has 0 N–H and O–H groups in total. The molecule has 82 valence electrons. The maximum Gasteiger partial charge on any atom is 0.115 e. The van der Waals surface area contributed by atoms with Gasteiger partial charge >= 0.3 is 0 Å². The van der Waals surface area contributed by atoms with Gasteiger partial charge in [0.2, 0.25) is 0 Å². The molecule has 0 amide bonds. The topological polar surface area (TPSA) is 38.7 Å². The second kappa shape index (κ2) is 8.88. The summed E-state index contributed by atoms with van der Waals surface area (Å²) >= 11 is 0. The molecule has 0 spiro atoms. The first kappa shape index (κ1) is 13.3. The Bertz CT molecular complexity index is 169. The molecule has 0 bridgehead atoms. The lowest BCUT2D eigenvalue weighted by atomic mass is 10.1. The maximum atomic E-state index is 10.4. The fourth-order valence-electron chi connectivity index (χ4n) is 1.07. The summed E-state index contributed by atoms with van der Waals surface area (Å²) in [7, 11) is 0. The van der Waals surface area contributed by atoms with Gasteiger partial charge in [-0.1, -0.05) is 30.5 Å². The molecule has 3 heteroatoms. The van der Waals surface area contributed by atoms with Crippen LogP contribution in [0.4, 0.5) is 0 Å². The zero-order valence-corrected chi connectivity index (χ0v) is 9.29. The second-order valence-electron chi connectivity index (χ2n) is 3.68. The molecule has 0 aromatic rings. The summed E-state index contributed by atoms with van der Waals surface area (Å²) in [6, 6.07) is -0.167. The van der Waals surface area contributed by atoms with Crippen LogP contribution >= 0.6 is 0 Å². The van der Waals surface area contributed by atoms with E-state index in [4.69, 9.17) is 4.74 Å². The summed E-state index contributed by atoms with van der Waals surface area (Å²) in [5.74, 6) is 0. The average Bonchev–Trinajstić information content (AvgIpc) is 2.16. The fourth-order valence-corrected chi connectivity index (χ4v) is 1.07. The van der Waals surface area contributed by atoms with E-state index in [1.165, 1.54) is 0 Å². The molecule has 0 heterocycles. The zero-order valence-electron chi connectivity index (χ0n) is 9.29. The molecule has 14 heavy (non-hydrogen) atoms. The van der Waals surface area contributed by atoms with Gasteiger partial charge in [0.1, 0.15) is 6.04 Å². The lowest BCUT2D eigenvalue weighted by molar-refractivity contribution is 0.121. The van der Waals surface area contributed by atoms with Gasteiger partial charge in [-0.25, -0.2) is 0 Å². The van der Waals surface area contributed by atoms with Crippen LogP contribution in [-0.2, 0) is 4.74 Å². The highest BCUT2D eigenvalue weighted by Crippen LogP contribution is 2.05. The van der Waals surface area contributed by atoms with Crippen LogP contribution in [0.1, 0.15) is 39.5 Å². The molecular weight excluding hydrogens is 178 g/mol. The number of nitroso groups, excluding NO2 is 1. The standard InChI is InChI=1S/C11H21NO2/c1-4-5-6-11(12-13)9-14-8-7-10(2)3/h11H,2,4-9H2,1,3H3. The van der Waals surface area contributed by atoms with Crippen molar-refractivity contribution >= 4 is 0 Å². The Labute approximate surface area is 86.5 Å². The summed E-state index contributed by atoms with van der Waals surface area (Å²) in [5.41, 5.74) is 1.11. The van der Waals surface area contributed by atoms with Crippen LogP contribution in [0.15, 0.2) is 17.3 Å². The maximum absolute atomic E-state index is 10.4. The van der Waals surface area contributed by atoms with Gasteiger partial charge < -0.3 is 4.74 Å². The largest absolute Gasteiger partial charge is 0.379 e. The SMILES string of the molecule is C=C(C)CCOCC(CCCC)N=O. The monoisotopic (exact) mass is 199 g/mol. The van der Waals surface area contributed by atoms with Gasteiger partial charge in [-0.05, 0) is 19.8 Å². The summed E-state index contributed by atoms with van der Waals surface area (Å²) in [6.45, 7) is 8.95. The van der Waals surface area contributed by atoms with E-state index < -0.39 is 0 Å². The van der Waals surface area contributed by atoms with Gasteiger partial charge in [0, 0.05) is 0 Å². The quantitative estimate of drug-likeness (QED) is 0.324. The number of unbranched alkanes of at least 4 members (excludes halogenated alkanes) is 1. The van der Waals surface area contributed by atoms with Crippen molar-refractivity contribution in [1.29, 1.82) is 0 Å². The van der Waals surface area contributed by atoms with E-state index in [0.717, 1.165) is 31.3 Å². The van der Waals surface area contributed by atoms with Gasteiger partial charge in [0.25, 0.3) is 0 Å². The third-order valence-electron chi connectivity index (χ3n) is 2.02. The Balaban J connectivity index is 3.42. The van der Waals surface area contributed by atoms with Gasteiger partial charge in [-0.2, -0.15) is 4.91 Å². The molecule has 1 unspecified atom stereocenters. The van der Waals surface area contributed by atoms with Crippen molar-refractivity contribution in [3.05, 3.63) is 17.1 Å². The summed E-state index contributed by atoms with van der Waals surface area (Å²) in [4.78, 5) is 10.4. The van der Waals surface area contributed by atoms with Crippen LogP contribution in [0.25, 0.3) is 0 Å². The summed E-state index contributed by atoms with van der Waals surface area (Å²) in [6.07, 6.45) is 3.84. The molecule has 0 saturated heterocycles. The number of hydrogen-bond acceptors (Lipinski definition) is 3. The number of ether oxygens (including phenoxy) is 1. The third-order valence-corrected chi connectivity index (χ3v) is 2.02. The molecule has 0 rings (SSSR count). The van der Waals surface area contributed by atoms with Gasteiger partial charge in [-0.3, -0.25) is 0 Å². The molecule has 0 radical (unpaired) electrons. The highest BCUT2D eigenvalue weighted by atomic mass is 16.5. The lowest BCUT2D eigenvalue weighted by Gasteiger charge is -2.08. The van der Waals surface area contributed by atoms with Crippen molar-refractivity contribution in [1.82, 2.24) is 0 Å². The molecular formula is C11H21NO2. The molecule has 1 atom stereocenters. The number of hydrogen-bond donors (Lipinski definition) is 0. The van der Waals surface area contributed by atoms with Crippen LogP contribution in [0.3, 0.4) is 0 Å². The minimum atomic E-state index is -0.167. The summed E-state index contributed by atoms with van der Waals surface area (Å²) in [5, 5.41) is 3.04. The molecule has 0 saturated carbocycles. The van der Waals surface area contributed by atoms with Crippen molar-refractivity contribution in [3.63, 3.8) is 0 Å². The Hall–Kier alpha value is -0.700. The van der Waals surface area contributed by atoms with Crippen LogP contribution < -0.4 is 0 Å². The van der Waals surface area contributed by atoms with E-state index in [2.05, 4.69) is 18.7 Å². The van der Waals surface area contributed by atoms with Crippen LogP contribution in [0.2, 0.25) is 0 Å². The van der Waals surface area contributed by atoms with Crippen molar-refractivity contribution in [3.8, 4) is 0 Å². The van der Waals surface area contributed by atoms with Crippen molar-refractivity contribution in [2.45, 2.75) is 45.6 Å². The predicted molar refractivity (Wildman–Crippen MR) is 59.4 cm³/mol. The molecule has 0 aliphatic rings. The van der Waals surface area contributed by atoms with E-state index in [1.807, 2.05) is 6.92 Å². The van der Waals surface area contributed by atoms with E-state index in [-0.39, 0.29) is 6.04 Å². The molecule has 0 aliphatic heterocycles.